The van der Waals surface area contributed by atoms with E-state index in [1.165, 1.54) is 19.6 Å². The second kappa shape index (κ2) is 3.92. The van der Waals surface area contributed by atoms with Crippen molar-refractivity contribution in [1.82, 2.24) is 14.3 Å². The standard InChI is InChI=1S/C8H15N3O3S/c1-8(2,5-12)11(3)15(13,14)7-4-9-6-10-7/h4,6,12H,5H2,1-3H3,(H,9,10). The lowest BCUT2D eigenvalue weighted by molar-refractivity contribution is 0.137. The van der Waals surface area contributed by atoms with Crippen molar-refractivity contribution < 1.29 is 13.5 Å². The minimum atomic E-state index is -3.61. The van der Waals surface area contributed by atoms with Gasteiger partial charge in [-0.1, -0.05) is 0 Å². The fourth-order valence-electron chi connectivity index (χ4n) is 0.957. The maximum Gasteiger partial charge on any atom is 0.260 e. The van der Waals surface area contributed by atoms with Crippen LogP contribution in [0.3, 0.4) is 0 Å². The molecule has 0 fully saturated rings. The maximum atomic E-state index is 11.9. The quantitative estimate of drug-likeness (QED) is 0.754. The Balaban J connectivity index is 3.09. The lowest BCUT2D eigenvalue weighted by Crippen LogP contribution is -2.47. The van der Waals surface area contributed by atoms with E-state index in [0.717, 1.165) is 4.31 Å². The molecule has 0 bridgehead atoms. The molecule has 2 N–H and O–H groups in total. The molecule has 1 heterocycles. The molecule has 0 aliphatic carbocycles. The van der Waals surface area contributed by atoms with E-state index >= 15 is 0 Å². The number of hydrogen-bond acceptors (Lipinski definition) is 4. The number of sulfonamides is 1. The number of aliphatic hydroxyl groups is 1. The number of aliphatic hydroxyl groups excluding tert-OH is 1. The number of H-pyrrole nitrogens is 1. The number of aromatic nitrogens is 2. The van der Waals surface area contributed by atoms with Crippen LogP contribution in [-0.2, 0) is 10.0 Å². The first kappa shape index (κ1) is 12.2. The lowest BCUT2D eigenvalue weighted by Gasteiger charge is -2.32. The van der Waals surface area contributed by atoms with Gasteiger partial charge in [0.2, 0.25) is 0 Å². The monoisotopic (exact) mass is 233 g/mol. The van der Waals surface area contributed by atoms with Gasteiger partial charge in [-0.2, -0.15) is 4.31 Å². The normalized spacial score (nSPS) is 13.4. The Hall–Kier alpha value is -0.920. The largest absolute Gasteiger partial charge is 0.394 e. The third-order valence-electron chi connectivity index (χ3n) is 2.35. The molecule has 6 nitrogen and oxygen atoms in total. The van der Waals surface area contributed by atoms with E-state index < -0.39 is 15.6 Å². The summed E-state index contributed by atoms with van der Waals surface area (Å²) in [4.78, 5) is 6.19. The molecule has 0 unspecified atom stereocenters. The van der Waals surface area contributed by atoms with Gasteiger partial charge in [0.05, 0.1) is 24.7 Å². The molecule has 0 saturated carbocycles. The molecule has 0 amide bonds. The number of nitrogens with zero attached hydrogens (tertiary/aromatic N) is 2. The summed E-state index contributed by atoms with van der Waals surface area (Å²) in [6, 6.07) is 0. The highest BCUT2D eigenvalue weighted by Gasteiger charge is 2.34. The maximum absolute atomic E-state index is 11.9. The Labute approximate surface area is 89.0 Å². The second-order valence-electron chi connectivity index (χ2n) is 3.86. The van der Waals surface area contributed by atoms with Gasteiger partial charge in [-0.3, -0.25) is 0 Å². The lowest BCUT2D eigenvalue weighted by atomic mass is 10.1. The van der Waals surface area contributed by atoms with Crippen LogP contribution in [-0.4, -0.2) is 47.0 Å². The Bertz CT molecular complexity index is 410. The van der Waals surface area contributed by atoms with Gasteiger partial charge in [-0.15, -0.1) is 0 Å². The zero-order valence-electron chi connectivity index (χ0n) is 8.93. The van der Waals surface area contributed by atoms with Crippen molar-refractivity contribution in [1.29, 1.82) is 0 Å². The van der Waals surface area contributed by atoms with E-state index in [0.29, 0.717) is 0 Å². The van der Waals surface area contributed by atoms with Crippen molar-refractivity contribution in [2.75, 3.05) is 13.7 Å². The van der Waals surface area contributed by atoms with Crippen molar-refractivity contribution in [2.24, 2.45) is 0 Å². The van der Waals surface area contributed by atoms with E-state index in [1.54, 1.807) is 13.8 Å². The molecule has 0 atom stereocenters. The van der Waals surface area contributed by atoms with E-state index in [9.17, 15) is 8.42 Å². The van der Waals surface area contributed by atoms with Gasteiger partial charge in [-0.25, -0.2) is 13.4 Å². The number of likely N-dealkylation sites (N-methyl/N-ethyl adjacent to an activating group) is 1. The van der Waals surface area contributed by atoms with E-state index in [-0.39, 0.29) is 11.6 Å². The minimum Gasteiger partial charge on any atom is -0.394 e. The summed E-state index contributed by atoms with van der Waals surface area (Å²) in [5, 5.41) is 9.11. The third kappa shape index (κ3) is 2.19. The van der Waals surface area contributed by atoms with Gasteiger partial charge in [0, 0.05) is 7.05 Å². The molecular formula is C8H15N3O3S. The molecule has 86 valence electrons. The Morgan fingerprint density at radius 2 is 2.20 bits per heavy atom. The zero-order valence-corrected chi connectivity index (χ0v) is 9.74. The van der Waals surface area contributed by atoms with Gasteiger partial charge >= 0.3 is 0 Å². The zero-order chi connectivity index (χ0) is 11.7. The molecule has 0 aliphatic heterocycles. The van der Waals surface area contributed by atoms with Crippen molar-refractivity contribution in [3.05, 3.63) is 12.5 Å². The van der Waals surface area contributed by atoms with Gasteiger partial charge < -0.3 is 10.1 Å². The Kier molecular flexibility index (Phi) is 3.17. The van der Waals surface area contributed by atoms with Crippen LogP contribution in [0.5, 0.6) is 0 Å². The van der Waals surface area contributed by atoms with Crippen molar-refractivity contribution in [2.45, 2.75) is 24.4 Å². The van der Waals surface area contributed by atoms with Gasteiger partial charge in [0.25, 0.3) is 10.0 Å². The highest BCUT2D eigenvalue weighted by Crippen LogP contribution is 2.20. The molecule has 7 heteroatoms. The number of hydrogen-bond donors (Lipinski definition) is 2. The number of aromatic amines is 1. The highest BCUT2D eigenvalue weighted by molar-refractivity contribution is 7.89. The average Bonchev–Trinajstić information content (AvgIpc) is 2.69. The van der Waals surface area contributed by atoms with E-state index in [4.69, 9.17) is 5.11 Å². The average molecular weight is 233 g/mol. The molecule has 0 radical (unpaired) electrons. The number of imidazole rings is 1. The first-order chi connectivity index (χ1) is 6.82. The van der Waals surface area contributed by atoms with Crippen LogP contribution >= 0.6 is 0 Å². The van der Waals surface area contributed by atoms with Gasteiger partial charge in [0.1, 0.15) is 0 Å². The summed E-state index contributed by atoms with van der Waals surface area (Å²) in [6.07, 6.45) is 2.53. The predicted molar refractivity (Wildman–Crippen MR) is 54.7 cm³/mol. The number of rotatable bonds is 4. The van der Waals surface area contributed by atoms with Crippen LogP contribution in [0.2, 0.25) is 0 Å². The molecule has 0 spiro atoms. The molecule has 1 aromatic rings. The summed E-state index contributed by atoms with van der Waals surface area (Å²) < 4.78 is 25.0. The van der Waals surface area contributed by atoms with Crippen molar-refractivity contribution >= 4 is 10.0 Å². The van der Waals surface area contributed by atoms with Crippen LogP contribution in [0.1, 0.15) is 13.8 Å². The summed E-state index contributed by atoms with van der Waals surface area (Å²) >= 11 is 0. The van der Waals surface area contributed by atoms with E-state index in [1.807, 2.05) is 0 Å². The van der Waals surface area contributed by atoms with Crippen LogP contribution in [0.15, 0.2) is 17.6 Å². The fraction of sp³-hybridized carbons (Fsp3) is 0.625. The van der Waals surface area contributed by atoms with Crippen LogP contribution < -0.4 is 0 Å². The second-order valence-corrected chi connectivity index (χ2v) is 5.80. The topological polar surface area (TPSA) is 86.3 Å². The summed E-state index contributed by atoms with van der Waals surface area (Å²) in [6.45, 7) is 3.03. The molecule has 0 saturated heterocycles. The van der Waals surface area contributed by atoms with Gasteiger partial charge in [-0.05, 0) is 13.8 Å². The first-order valence-electron chi connectivity index (χ1n) is 4.40. The molecule has 1 rings (SSSR count). The fourth-order valence-corrected chi connectivity index (χ4v) is 2.36. The van der Waals surface area contributed by atoms with Crippen molar-refractivity contribution in [3.8, 4) is 0 Å². The van der Waals surface area contributed by atoms with E-state index in [2.05, 4.69) is 9.97 Å². The predicted octanol–water partition coefficient (Wildman–Crippen LogP) is -0.199. The number of nitrogens with one attached hydrogen (secondary N) is 1. The highest BCUT2D eigenvalue weighted by atomic mass is 32.2. The summed E-state index contributed by atoms with van der Waals surface area (Å²) in [5.41, 5.74) is -0.843. The van der Waals surface area contributed by atoms with Crippen LogP contribution in [0.4, 0.5) is 0 Å². The van der Waals surface area contributed by atoms with Crippen LogP contribution in [0, 0.1) is 0 Å². The Morgan fingerprint density at radius 1 is 1.60 bits per heavy atom. The molecule has 0 aliphatic rings. The first-order valence-corrected chi connectivity index (χ1v) is 5.84. The molecule has 0 aromatic carbocycles. The molecule has 15 heavy (non-hydrogen) atoms. The molecular weight excluding hydrogens is 218 g/mol. The van der Waals surface area contributed by atoms with Crippen molar-refractivity contribution in [3.63, 3.8) is 0 Å². The minimum absolute atomic E-state index is 0.0199. The molecule has 1 aromatic heterocycles. The summed E-state index contributed by atoms with van der Waals surface area (Å²) in [5.74, 6) is 0. The van der Waals surface area contributed by atoms with Gasteiger partial charge in [0.15, 0.2) is 5.03 Å². The Morgan fingerprint density at radius 3 is 2.60 bits per heavy atom. The smallest absolute Gasteiger partial charge is 0.260 e. The SMILES string of the molecule is CN(C(C)(C)CO)S(=O)(=O)c1cnc[nH]1. The van der Waals surface area contributed by atoms with Crippen LogP contribution in [0.25, 0.3) is 0 Å². The third-order valence-corrected chi connectivity index (χ3v) is 4.35. The summed E-state index contributed by atoms with van der Waals surface area (Å²) in [7, 11) is -2.19.